The van der Waals surface area contributed by atoms with Crippen LogP contribution in [0.15, 0.2) is 289 Å². The first-order chi connectivity index (χ1) is 39.3. The highest BCUT2D eigenvalue weighted by Gasteiger charge is 2.15. The van der Waals surface area contributed by atoms with E-state index >= 15 is 0 Å². The quantitative estimate of drug-likeness (QED) is 0.0494. The Morgan fingerprint density at radius 3 is 0.863 bits per heavy atom. The van der Waals surface area contributed by atoms with Crippen LogP contribution in [0.5, 0.6) is 64.0 Å². The summed E-state index contributed by atoms with van der Waals surface area (Å²) >= 11 is 0. The zero-order valence-electron chi connectivity index (χ0n) is 43.2. The number of nitrogens with zero attached hydrogens (tertiary/aromatic N) is 5. The predicted molar refractivity (Wildman–Crippen MR) is 312 cm³/mol. The molecule has 0 spiro atoms. The van der Waals surface area contributed by atoms with Crippen molar-refractivity contribution in [1.29, 1.82) is 0 Å². The van der Waals surface area contributed by atoms with Gasteiger partial charge in [-0.3, -0.25) is 0 Å². The molecule has 0 saturated heterocycles. The van der Waals surface area contributed by atoms with E-state index in [1.807, 2.05) is 194 Å². The normalized spacial score (nSPS) is 11.3. The molecule has 0 bridgehead atoms. The van der Waals surface area contributed by atoms with E-state index in [9.17, 15) is 0 Å². The Labute approximate surface area is 462 Å². The first-order valence-electron chi connectivity index (χ1n) is 25.5. The topological polar surface area (TPSA) is 128 Å². The molecule has 12 nitrogen and oxygen atoms in total. The van der Waals surface area contributed by atoms with Crippen molar-refractivity contribution in [2.24, 2.45) is 9.98 Å². The Kier molecular flexibility index (Phi) is 15.8. The fraction of sp³-hybridized carbons (Fsp3) is 0.0147. The smallest absolute Gasteiger partial charge is 0.331 e. The molecule has 0 radical (unpaired) electrons. The SMILES string of the molecule is C=C(N=C(N=C(C)Oc1ccc(-c2ccccc2)cc1)Oc1ccc(Oc2ccc(Oc3nc(Oc4ccc(-c5ccccc5)cc4)nc(Oc4ccc(-c5ccccc5)cc4)n3)cc2)cc1)Oc1ccc(-c2ccccc2)cc1. The minimum absolute atomic E-state index is 0.0207. The van der Waals surface area contributed by atoms with E-state index in [-0.39, 0.29) is 35.8 Å². The summed E-state index contributed by atoms with van der Waals surface area (Å²) in [6.45, 7) is 5.76. The molecule has 0 atom stereocenters. The number of ether oxygens (including phenoxy) is 7. The second-order valence-corrected chi connectivity index (χ2v) is 17.8. The molecule has 10 aromatic carbocycles. The first-order valence-corrected chi connectivity index (χ1v) is 25.5. The van der Waals surface area contributed by atoms with Crippen LogP contribution in [0.1, 0.15) is 6.92 Å². The van der Waals surface area contributed by atoms with Gasteiger partial charge in [0, 0.05) is 6.92 Å². The number of rotatable bonds is 17. The molecule has 1 aromatic heterocycles. The Bertz CT molecular complexity index is 3770. The molecule has 0 unspecified atom stereocenters. The van der Waals surface area contributed by atoms with Crippen molar-refractivity contribution >= 4 is 11.9 Å². The van der Waals surface area contributed by atoms with Gasteiger partial charge in [-0.15, -0.1) is 15.0 Å². The van der Waals surface area contributed by atoms with Gasteiger partial charge >= 0.3 is 24.1 Å². The monoisotopic (exact) mass is 1050 g/mol. The van der Waals surface area contributed by atoms with E-state index < -0.39 is 0 Å². The molecule has 0 aliphatic heterocycles. The molecular weight excluding hydrogens is 999 g/mol. The third-order valence-electron chi connectivity index (χ3n) is 12.1. The van der Waals surface area contributed by atoms with Crippen molar-refractivity contribution in [2.45, 2.75) is 6.92 Å². The van der Waals surface area contributed by atoms with Crippen LogP contribution in [0, 0.1) is 0 Å². The van der Waals surface area contributed by atoms with Gasteiger partial charge in [-0.1, -0.05) is 170 Å². The lowest BCUT2D eigenvalue weighted by Crippen LogP contribution is -2.13. The van der Waals surface area contributed by atoms with E-state index in [0.717, 1.165) is 44.5 Å². The minimum atomic E-state index is -0.0657. The lowest BCUT2D eigenvalue weighted by Gasteiger charge is -2.11. The zero-order chi connectivity index (χ0) is 54.3. The number of benzene rings is 10. The molecule has 0 fully saturated rings. The summed E-state index contributed by atoms with van der Waals surface area (Å²) in [5, 5.41) is 0. The number of amidine groups is 1. The summed E-state index contributed by atoms with van der Waals surface area (Å²) in [5.74, 6) is 4.41. The summed E-state index contributed by atoms with van der Waals surface area (Å²) in [4.78, 5) is 22.6. The van der Waals surface area contributed by atoms with Crippen LogP contribution in [-0.2, 0) is 0 Å². The van der Waals surface area contributed by atoms with Gasteiger partial charge in [0.25, 0.3) is 0 Å². The van der Waals surface area contributed by atoms with Gasteiger partial charge in [-0.2, -0.15) is 9.98 Å². The molecule has 80 heavy (non-hydrogen) atoms. The Morgan fingerprint density at radius 2 is 0.525 bits per heavy atom. The van der Waals surface area contributed by atoms with E-state index in [1.165, 1.54) is 0 Å². The van der Waals surface area contributed by atoms with Gasteiger partial charge in [0.2, 0.25) is 5.88 Å². The van der Waals surface area contributed by atoms with Crippen molar-refractivity contribution in [2.75, 3.05) is 0 Å². The number of aliphatic imine (C=N–C) groups is 2. The van der Waals surface area contributed by atoms with Gasteiger partial charge in [-0.25, -0.2) is 0 Å². The average Bonchev–Trinajstić information content (AvgIpc) is 3.50. The highest BCUT2D eigenvalue weighted by molar-refractivity contribution is 5.91. The maximum Gasteiger partial charge on any atom is 0.331 e. The van der Waals surface area contributed by atoms with E-state index in [2.05, 4.69) is 55.8 Å². The molecule has 1 heterocycles. The lowest BCUT2D eigenvalue weighted by molar-refractivity contribution is 0.362. The average molecular weight is 1050 g/mol. The van der Waals surface area contributed by atoms with E-state index in [1.54, 1.807) is 55.5 Å². The van der Waals surface area contributed by atoms with Crippen molar-refractivity contribution in [3.63, 3.8) is 0 Å². The van der Waals surface area contributed by atoms with Gasteiger partial charge in [0.05, 0.1) is 0 Å². The van der Waals surface area contributed by atoms with Gasteiger partial charge in [0.1, 0.15) is 46.0 Å². The van der Waals surface area contributed by atoms with Crippen LogP contribution in [0.3, 0.4) is 0 Å². The summed E-state index contributed by atoms with van der Waals surface area (Å²) < 4.78 is 43.0. The summed E-state index contributed by atoms with van der Waals surface area (Å²) in [6, 6.07) is 84.9. The predicted octanol–water partition coefficient (Wildman–Crippen LogP) is 17.5. The molecule has 0 N–H and O–H groups in total. The van der Waals surface area contributed by atoms with Crippen LogP contribution >= 0.6 is 0 Å². The van der Waals surface area contributed by atoms with Crippen LogP contribution in [0.2, 0.25) is 0 Å². The highest BCUT2D eigenvalue weighted by atomic mass is 16.5. The van der Waals surface area contributed by atoms with Crippen molar-refractivity contribution < 1.29 is 33.2 Å². The highest BCUT2D eigenvalue weighted by Crippen LogP contribution is 2.33. The second-order valence-electron chi connectivity index (χ2n) is 17.8. The van der Waals surface area contributed by atoms with Crippen molar-refractivity contribution in [3.8, 4) is 109 Å². The largest absolute Gasteiger partial charge is 0.457 e. The third kappa shape index (κ3) is 13.8. The standard InChI is InChI=1S/C68H49N5O7/c1-47(74-57-31-23-53(24-32-57)49-15-7-3-8-16-49)69-65(70-48(2)75-58-33-25-54(26-34-58)50-17-9-4-10-18-50)77-63-43-39-59(40-44-63)76-60-41-45-64(46-42-60)80-68-72-66(78-61-35-27-55(28-36-61)51-19-11-5-12-20-51)71-67(73-68)79-62-37-29-56(30-38-62)52-21-13-6-14-22-52/h3-46H,1H2,2H3. The fourth-order valence-corrected chi connectivity index (χ4v) is 8.21. The Hall–Kier alpha value is -11.1. The van der Waals surface area contributed by atoms with E-state index in [4.69, 9.17) is 33.2 Å². The molecule has 0 amide bonds. The molecule has 0 aliphatic rings. The molecular formula is C68H49N5O7. The maximum absolute atomic E-state index is 6.22. The molecule has 12 heteroatoms. The number of hydrogen-bond acceptors (Lipinski definition) is 11. The summed E-state index contributed by atoms with van der Waals surface area (Å²) in [5.41, 5.74) is 8.54. The second kappa shape index (κ2) is 24.7. The first kappa shape index (κ1) is 51.0. The van der Waals surface area contributed by atoms with Crippen LogP contribution in [0.25, 0.3) is 44.5 Å². The molecule has 388 valence electrons. The molecule has 0 aliphatic carbocycles. The van der Waals surface area contributed by atoms with Gasteiger partial charge in [-0.05, 0) is 148 Å². The van der Waals surface area contributed by atoms with Crippen LogP contribution in [-0.4, -0.2) is 26.9 Å². The fourth-order valence-electron chi connectivity index (χ4n) is 8.21. The minimum Gasteiger partial charge on any atom is -0.457 e. The van der Waals surface area contributed by atoms with Gasteiger partial charge in [0.15, 0.2) is 5.90 Å². The maximum atomic E-state index is 6.22. The van der Waals surface area contributed by atoms with Gasteiger partial charge < -0.3 is 33.2 Å². The summed E-state index contributed by atoms with van der Waals surface area (Å²) in [6.07, 6.45) is 0. The van der Waals surface area contributed by atoms with Crippen molar-refractivity contribution in [1.82, 2.24) is 15.0 Å². The molecule has 11 rings (SSSR count). The zero-order valence-corrected chi connectivity index (χ0v) is 43.2. The molecule has 11 aromatic rings. The lowest BCUT2D eigenvalue weighted by atomic mass is 10.1. The summed E-state index contributed by atoms with van der Waals surface area (Å²) in [7, 11) is 0. The van der Waals surface area contributed by atoms with Crippen LogP contribution < -0.4 is 33.2 Å². The van der Waals surface area contributed by atoms with Crippen molar-refractivity contribution in [3.05, 3.63) is 279 Å². The molecule has 0 saturated carbocycles. The number of hydrogen-bond donors (Lipinski definition) is 0. The Balaban J connectivity index is 0.769. The van der Waals surface area contributed by atoms with E-state index in [0.29, 0.717) is 46.0 Å². The van der Waals surface area contributed by atoms with Crippen LogP contribution in [0.4, 0.5) is 0 Å². The number of aromatic nitrogens is 3. The third-order valence-corrected chi connectivity index (χ3v) is 12.1. The Morgan fingerprint density at radius 1 is 0.275 bits per heavy atom.